The van der Waals surface area contributed by atoms with E-state index in [1.807, 2.05) is 13.8 Å². The lowest BCUT2D eigenvalue weighted by atomic mass is 10.1. The summed E-state index contributed by atoms with van der Waals surface area (Å²) in [5.74, 6) is -0.838. The van der Waals surface area contributed by atoms with E-state index < -0.39 is 6.04 Å². The Kier molecular flexibility index (Phi) is 5.55. The van der Waals surface area contributed by atoms with Gasteiger partial charge in [0.2, 0.25) is 17.7 Å². The topological polar surface area (TPSA) is 114 Å². The fourth-order valence-electron chi connectivity index (χ4n) is 2.40. The lowest BCUT2D eigenvalue weighted by Crippen LogP contribution is -2.55. The number of aryl methyl sites for hydroxylation is 1. The SMILES string of the molecule is CC(C)[C@H](N)C(=O)NCC(=O)N1CCN(c2cnn(C)c2)C(=O)C1. The molecular formula is C15H24N6O3. The van der Waals surface area contributed by atoms with Crippen LogP contribution in [0.4, 0.5) is 5.69 Å². The number of carbonyl (C=O) groups is 3. The highest BCUT2D eigenvalue weighted by molar-refractivity contribution is 5.98. The number of carbonyl (C=O) groups excluding carboxylic acids is 3. The van der Waals surface area contributed by atoms with Crippen LogP contribution in [-0.4, -0.2) is 64.6 Å². The smallest absolute Gasteiger partial charge is 0.246 e. The monoisotopic (exact) mass is 336 g/mol. The molecule has 3 amide bonds. The van der Waals surface area contributed by atoms with Gasteiger partial charge in [0.05, 0.1) is 24.5 Å². The normalized spacial score (nSPS) is 16.5. The van der Waals surface area contributed by atoms with Crippen molar-refractivity contribution in [2.24, 2.45) is 18.7 Å². The van der Waals surface area contributed by atoms with Gasteiger partial charge in [-0.15, -0.1) is 0 Å². The minimum absolute atomic E-state index is 0.00953. The van der Waals surface area contributed by atoms with E-state index in [1.165, 1.54) is 4.90 Å². The predicted octanol–water partition coefficient (Wildman–Crippen LogP) is -1.31. The number of piperazine rings is 1. The minimum Gasteiger partial charge on any atom is -0.346 e. The number of nitrogens with two attached hydrogens (primary N) is 1. The Labute approximate surface area is 140 Å². The molecule has 1 aliphatic rings. The van der Waals surface area contributed by atoms with E-state index in [9.17, 15) is 14.4 Å². The van der Waals surface area contributed by atoms with Crippen molar-refractivity contribution in [3.63, 3.8) is 0 Å². The molecule has 24 heavy (non-hydrogen) atoms. The van der Waals surface area contributed by atoms with Crippen LogP contribution in [0.1, 0.15) is 13.8 Å². The van der Waals surface area contributed by atoms with Gasteiger partial charge in [0.15, 0.2) is 0 Å². The number of amides is 3. The summed E-state index contributed by atoms with van der Waals surface area (Å²) < 4.78 is 1.62. The van der Waals surface area contributed by atoms with Crippen LogP contribution in [0, 0.1) is 5.92 Å². The summed E-state index contributed by atoms with van der Waals surface area (Å²) in [5, 5.41) is 6.57. The number of rotatable bonds is 5. The first kappa shape index (κ1) is 17.9. The van der Waals surface area contributed by atoms with Crippen molar-refractivity contribution in [3.8, 4) is 0 Å². The maximum atomic E-state index is 12.2. The zero-order valence-corrected chi connectivity index (χ0v) is 14.2. The van der Waals surface area contributed by atoms with E-state index in [0.717, 1.165) is 0 Å². The van der Waals surface area contributed by atoms with Gasteiger partial charge in [0.25, 0.3) is 0 Å². The van der Waals surface area contributed by atoms with Crippen molar-refractivity contribution in [1.82, 2.24) is 20.0 Å². The molecule has 0 unspecified atom stereocenters. The Balaban J connectivity index is 1.85. The molecule has 2 rings (SSSR count). The second-order valence-electron chi connectivity index (χ2n) is 6.22. The average molecular weight is 336 g/mol. The second-order valence-corrected chi connectivity index (χ2v) is 6.22. The molecule has 0 spiro atoms. The van der Waals surface area contributed by atoms with Crippen LogP contribution < -0.4 is 16.0 Å². The highest BCUT2D eigenvalue weighted by Crippen LogP contribution is 2.15. The summed E-state index contributed by atoms with van der Waals surface area (Å²) in [7, 11) is 1.78. The number of nitrogens with zero attached hydrogens (tertiary/aromatic N) is 4. The van der Waals surface area contributed by atoms with E-state index in [4.69, 9.17) is 5.73 Å². The molecule has 1 aromatic rings. The molecule has 1 saturated heterocycles. The number of aromatic nitrogens is 2. The van der Waals surface area contributed by atoms with Gasteiger partial charge in [0, 0.05) is 26.3 Å². The van der Waals surface area contributed by atoms with Gasteiger partial charge in [-0.05, 0) is 5.92 Å². The Hall–Kier alpha value is -2.42. The molecule has 1 aromatic heterocycles. The van der Waals surface area contributed by atoms with Gasteiger partial charge in [-0.3, -0.25) is 19.1 Å². The van der Waals surface area contributed by atoms with Crippen LogP contribution in [0.3, 0.4) is 0 Å². The number of hydrogen-bond acceptors (Lipinski definition) is 5. The Morgan fingerprint density at radius 3 is 2.62 bits per heavy atom. The van der Waals surface area contributed by atoms with Crippen LogP contribution in [0.25, 0.3) is 0 Å². The second kappa shape index (κ2) is 7.43. The first-order valence-electron chi connectivity index (χ1n) is 7.89. The zero-order valence-electron chi connectivity index (χ0n) is 14.2. The summed E-state index contributed by atoms with van der Waals surface area (Å²) in [5.41, 5.74) is 6.44. The summed E-state index contributed by atoms with van der Waals surface area (Å²) in [6, 6.07) is -0.651. The van der Waals surface area contributed by atoms with Crippen molar-refractivity contribution in [2.75, 3.05) is 31.1 Å². The third-order valence-electron chi connectivity index (χ3n) is 4.01. The standard InChI is InChI=1S/C15H24N6O3/c1-10(2)14(16)15(24)17-7-12(22)20-4-5-21(13(23)9-20)11-6-18-19(3)8-11/h6,8,10,14H,4-5,7,9,16H2,1-3H3,(H,17,24)/t14-/m0/s1. The third-order valence-corrected chi connectivity index (χ3v) is 4.01. The van der Waals surface area contributed by atoms with Crippen molar-refractivity contribution in [1.29, 1.82) is 0 Å². The van der Waals surface area contributed by atoms with E-state index >= 15 is 0 Å². The zero-order chi connectivity index (χ0) is 17.9. The highest BCUT2D eigenvalue weighted by Gasteiger charge is 2.29. The van der Waals surface area contributed by atoms with Crippen molar-refractivity contribution >= 4 is 23.4 Å². The molecule has 0 radical (unpaired) electrons. The fraction of sp³-hybridized carbons (Fsp3) is 0.600. The van der Waals surface area contributed by atoms with E-state index in [2.05, 4.69) is 10.4 Å². The number of anilines is 1. The quantitative estimate of drug-likeness (QED) is 0.693. The first-order valence-corrected chi connectivity index (χ1v) is 7.89. The summed E-state index contributed by atoms with van der Waals surface area (Å²) in [6.45, 7) is 4.31. The molecule has 0 bridgehead atoms. The van der Waals surface area contributed by atoms with Crippen LogP contribution in [0.15, 0.2) is 12.4 Å². The van der Waals surface area contributed by atoms with Gasteiger partial charge >= 0.3 is 0 Å². The molecule has 9 nitrogen and oxygen atoms in total. The molecule has 0 aliphatic carbocycles. The van der Waals surface area contributed by atoms with Crippen LogP contribution >= 0.6 is 0 Å². The van der Waals surface area contributed by atoms with E-state index in [1.54, 1.807) is 29.0 Å². The summed E-state index contributed by atoms with van der Waals surface area (Å²) >= 11 is 0. The molecule has 1 atom stereocenters. The average Bonchev–Trinajstić information content (AvgIpc) is 2.97. The molecule has 132 valence electrons. The Morgan fingerprint density at radius 1 is 1.38 bits per heavy atom. The number of nitrogens with one attached hydrogen (secondary N) is 1. The molecule has 1 aliphatic heterocycles. The molecule has 3 N–H and O–H groups in total. The van der Waals surface area contributed by atoms with Gasteiger partial charge in [-0.2, -0.15) is 5.10 Å². The molecule has 2 heterocycles. The highest BCUT2D eigenvalue weighted by atomic mass is 16.2. The van der Waals surface area contributed by atoms with Crippen molar-refractivity contribution in [3.05, 3.63) is 12.4 Å². The van der Waals surface area contributed by atoms with Gasteiger partial charge in [0.1, 0.15) is 6.54 Å². The molecule has 0 aromatic carbocycles. The van der Waals surface area contributed by atoms with Crippen LogP contribution in [0.2, 0.25) is 0 Å². The maximum absolute atomic E-state index is 12.2. The van der Waals surface area contributed by atoms with Gasteiger partial charge in [-0.25, -0.2) is 0 Å². The minimum atomic E-state index is -0.651. The maximum Gasteiger partial charge on any atom is 0.246 e. The lowest BCUT2D eigenvalue weighted by Gasteiger charge is -2.33. The molecule has 1 fully saturated rings. The lowest BCUT2D eigenvalue weighted by molar-refractivity contribution is -0.137. The number of hydrogen-bond donors (Lipinski definition) is 2. The first-order chi connectivity index (χ1) is 11.3. The Bertz CT molecular complexity index is 626. The molecular weight excluding hydrogens is 312 g/mol. The van der Waals surface area contributed by atoms with E-state index in [0.29, 0.717) is 18.8 Å². The van der Waals surface area contributed by atoms with Gasteiger partial charge in [-0.1, -0.05) is 13.8 Å². The largest absolute Gasteiger partial charge is 0.346 e. The van der Waals surface area contributed by atoms with Crippen molar-refractivity contribution < 1.29 is 14.4 Å². The fourth-order valence-corrected chi connectivity index (χ4v) is 2.40. The molecule has 9 heteroatoms. The van der Waals surface area contributed by atoms with Crippen molar-refractivity contribution in [2.45, 2.75) is 19.9 Å². The van der Waals surface area contributed by atoms with E-state index in [-0.39, 0.29) is 36.7 Å². The molecule has 0 saturated carbocycles. The predicted molar refractivity (Wildman–Crippen MR) is 88.0 cm³/mol. The van der Waals surface area contributed by atoms with Crippen LogP contribution in [-0.2, 0) is 21.4 Å². The van der Waals surface area contributed by atoms with Gasteiger partial charge < -0.3 is 20.9 Å². The summed E-state index contributed by atoms with van der Waals surface area (Å²) in [6.07, 6.45) is 3.37. The van der Waals surface area contributed by atoms with Crippen LogP contribution in [0.5, 0.6) is 0 Å². The Morgan fingerprint density at radius 2 is 2.08 bits per heavy atom. The summed E-state index contributed by atoms with van der Waals surface area (Å²) in [4.78, 5) is 39.2. The third kappa shape index (κ3) is 4.10.